The number of carbonyl (C=O) groups excluding carboxylic acids is 2. The lowest BCUT2D eigenvalue weighted by Gasteiger charge is -2.01. The summed E-state index contributed by atoms with van der Waals surface area (Å²) in [5, 5.41) is 12.2. The third-order valence-corrected chi connectivity index (χ3v) is 2.94. The summed E-state index contributed by atoms with van der Waals surface area (Å²) >= 11 is 0. The van der Waals surface area contributed by atoms with Crippen molar-refractivity contribution >= 4 is 24.1 Å². The number of rotatable bonds is 5. The molecular weight excluding hydrogens is 313 g/mol. The largest absolute Gasteiger partial charge is 0.288 e. The summed E-state index contributed by atoms with van der Waals surface area (Å²) in [7, 11) is 0. The fraction of sp³-hybridized carbons (Fsp3) is 0. The molecule has 2 aromatic carbocycles. The Balaban J connectivity index is 2.00. The van der Waals surface area contributed by atoms with Gasteiger partial charge in [0.2, 0.25) is 0 Å². The standard InChI is InChI=1S/C17H14FN3O3/c18-15-7-4-13(5-8-15)11-19-20-17(23)14-3-1-2-12(10-14)6-9-16(22)21-24/h1-11,24H,(H,20,23)(H,21,22). The molecule has 6 nitrogen and oxygen atoms in total. The zero-order chi connectivity index (χ0) is 17.4. The molecule has 2 rings (SSSR count). The molecule has 0 aliphatic heterocycles. The van der Waals surface area contributed by atoms with E-state index < -0.39 is 11.8 Å². The molecule has 0 fully saturated rings. The molecule has 0 saturated carbocycles. The van der Waals surface area contributed by atoms with E-state index in [0.717, 1.165) is 6.08 Å². The van der Waals surface area contributed by atoms with Crippen LogP contribution in [0, 0.1) is 5.82 Å². The average molecular weight is 327 g/mol. The maximum Gasteiger partial charge on any atom is 0.271 e. The molecule has 0 radical (unpaired) electrons. The molecule has 0 saturated heterocycles. The van der Waals surface area contributed by atoms with Gasteiger partial charge in [0.15, 0.2) is 0 Å². The van der Waals surface area contributed by atoms with Crippen molar-refractivity contribution in [2.24, 2.45) is 5.10 Å². The van der Waals surface area contributed by atoms with Gasteiger partial charge in [-0.2, -0.15) is 5.10 Å². The van der Waals surface area contributed by atoms with Crippen LogP contribution in [0.15, 0.2) is 59.7 Å². The minimum atomic E-state index is -0.672. The van der Waals surface area contributed by atoms with Crippen LogP contribution < -0.4 is 10.9 Å². The summed E-state index contributed by atoms with van der Waals surface area (Å²) in [6.07, 6.45) is 3.97. The van der Waals surface area contributed by atoms with Crippen LogP contribution in [-0.4, -0.2) is 23.2 Å². The SMILES string of the molecule is O=C(C=Cc1cccc(C(=O)NN=Cc2ccc(F)cc2)c1)NO. The van der Waals surface area contributed by atoms with Gasteiger partial charge in [-0.15, -0.1) is 0 Å². The summed E-state index contributed by atoms with van der Waals surface area (Å²) in [6.45, 7) is 0. The van der Waals surface area contributed by atoms with Crippen molar-refractivity contribution in [2.45, 2.75) is 0 Å². The van der Waals surface area contributed by atoms with Crippen molar-refractivity contribution in [3.8, 4) is 0 Å². The Labute approximate surface area is 137 Å². The number of benzene rings is 2. The molecule has 0 unspecified atom stereocenters. The molecule has 0 atom stereocenters. The molecule has 0 bridgehead atoms. The highest BCUT2D eigenvalue weighted by Gasteiger charge is 2.04. The van der Waals surface area contributed by atoms with Gasteiger partial charge in [0.05, 0.1) is 6.21 Å². The molecule has 0 aliphatic rings. The normalized spacial score (nSPS) is 10.9. The third kappa shape index (κ3) is 5.15. The van der Waals surface area contributed by atoms with Crippen molar-refractivity contribution in [1.29, 1.82) is 0 Å². The van der Waals surface area contributed by atoms with Gasteiger partial charge < -0.3 is 0 Å². The average Bonchev–Trinajstić information content (AvgIpc) is 2.61. The molecule has 7 heteroatoms. The highest BCUT2D eigenvalue weighted by molar-refractivity contribution is 5.96. The number of nitrogens with zero attached hydrogens (tertiary/aromatic N) is 1. The van der Waals surface area contributed by atoms with Gasteiger partial charge >= 0.3 is 0 Å². The Kier molecular flexibility index (Phi) is 5.93. The summed E-state index contributed by atoms with van der Waals surface area (Å²) in [5.41, 5.74) is 5.42. The second-order valence-corrected chi connectivity index (χ2v) is 4.69. The fourth-order valence-electron chi connectivity index (χ4n) is 1.77. The van der Waals surface area contributed by atoms with Gasteiger partial charge in [-0.3, -0.25) is 14.8 Å². The highest BCUT2D eigenvalue weighted by Crippen LogP contribution is 2.07. The third-order valence-electron chi connectivity index (χ3n) is 2.94. The first-order valence-electron chi connectivity index (χ1n) is 6.89. The van der Waals surface area contributed by atoms with Crippen LogP contribution in [-0.2, 0) is 4.79 Å². The van der Waals surface area contributed by atoms with Crippen LogP contribution in [0.4, 0.5) is 4.39 Å². The second kappa shape index (κ2) is 8.35. The van der Waals surface area contributed by atoms with Gasteiger partial charge in [-0.05, 0) is 41.5 Å². The van der Waals surface area contributed by atoms with Crippen LogP contribution in [0.3, 0.4) is 0 Å². The maximum absolute atomic E-state index is 12.8. The summed E-state index contributed by atoms with van der Waals surface area (Å²) in [6, 6.07) is 12.1. The van der Waals surface area contributed by atoms with Crippen molar-refractivity contribution < 1.29 is 19.2 Å². The topological polar surface area (TPSA) is 90.8 Å². The van der Waals surface area contributed by atoms with E-state index in [2.05, 4.69) is 10.5 Å². The lowest BCUT2D eigenvalue weighted by molar-refractivity contribution is -0.124. The van der Waals surface area contributed by atoms with E-state index in [9.17, 15) is 14.0 Å². The van der Waals surface area contributed by atoms with E-state index >= 15 is 0 Å². The number of hydrogen-bond acceptors (Lipinski definition) is 4. The molecule has 24 heavy (non-hydrogen) atoms. The van der Waals surface area contributed by atoms with Gasteiger partial charge in [0.1, 0.15) is 5.82 Å². The second-order valence-electron chi connectivity index (χ2n) is 4.69. The van der Waals surface area contributed by atoms with Crippen LogP contribution >= 0.6 is 0 Å². The van der Waals surface area contributed by atoms with Gasteiger partial charge in [-0.25, -0.2) is 15.3 Å². The molecule has 2 aromatic rings. The predicted molar refractivity (Wildman–Crippen MR) is 86.9 cm³/mol. The smallest absolute Gasteiger partial charge is 0.271 e. The lowest BCUT2D eigenvalue weighted by Crippen LogP contribution is -2.17. The number of halogens is 1. The number of hydrazone groups is 1. The van der Waals surface area contributed by atoms with Crippen LogP contribution in [0.25, 0.3) is 6.08 Å². The van der Waals surface area contributed by atoms with E-state index in [0.29, 0.717) is 16.7 Å². The quantitative estimate of drug-likeness (QED) is 0.340. The van der Waals surface area contributed by atoms with E-state index in [1.54, 1.807) is 24.3 Å². The molecule has 3 N–H and O–H groups in total. The van der Waals surface area contributed by atoms with E-state index in [-0.39, 0.29) is 5.82 Å². The zero-order valence-electron chi connectivity index (χ0n) is 12.4. The molecule has 2 amide bonds. The van der Waals surface area contributed by atoms with Crippen molar-refractivity contribution in [3.63, 3.8) is 0 Å². The van der Waals surface area contributed by atoms with Crippen molar-refractivity contribution in [3.05, 3.63) is 77.1 Å². The Morgan fingerprint density at radius 3 is 2.54 bits per heavy atom. The minimum absolute atomic E-state index is 0.345. The number of hydroxylamine groups is 1. The number of nitrogens with one attached hydrogen (secondary N) is 2. The monoisotopic (exact) mass is 327 g/mol. The first-order chi connectivity index (χ1) is 11.6. The number of amides is 2. The van der Waals surface area contributed by atoms with Crippen LogP contribution in [0.5, 0.6) is 0 Å². The van der Waals surface area contributed by atoms with E-state index in [4.69, 9.17) is 5.21 Å². The van der Waals surface area contributed by atoms with Gasteiger partial charge in [-0.1, -0.05) is 24.3 Å². The summed E-state index contributed by atoms with van der Waals surface area (Å²) in [5.74, 6) is -1.46. The van der Waals surface area contributed by atoms with Crippen LogP contribution in [0.1, 0.15) is 21.5 Å². The Morgan fingerprint density at radius 1 is 1.08 bits per heavy atom. The fourth-order valence-corrected chi connectivity index (χ4v) is 1.77. The Morgan fingerprint density at radius 2 is 1.83 bits per heavy atom. The highest BCUT2D eigenvalue weighted by atomic mass is 19.1. The molecule has 122 valence electrons. The lowest BCUT2D eigenvalue weighted by atomic mass is 10.1. The Bertz CT molecular complexity index is 786. The number of hydrogen-bond donors (Lipinski definition) is 3. The van der Waals surface area contributed by atoms with Gasteiger partial charge in [0, 0.05) is 11.6 Å². The molecule has 0 spiro atoms. The Hall–Kier alpha value is -3.32. The molecule has 0 aromatic heterocycles. The van der Waals surface area contributed by atoms with Gasteiger partial charge in [0.25, 0.3) is 11.8 Å². The first kappa shape index (κ1) is 17.0. The van der Waals surface area contributed by atoms with Crippen LogP contribution in [0.2, 0.25) is 0 Å². The van der Waals surface area contributed by atoms with E-state index in [1.165, 1.54) is 42.0 Å². The summed E-state index contributed by atoms with van der Waals surface area (Å²) < 4.78 is 12.8. The zero-order valence-corrected chi connectivity index (χ0v) is 12.4. The molecule has 0 heterocycles. The summed E-state index contributed by atoms with van der Waals surface area (Å²) in [4.78, 5) is 22.9. The first-order valence-corrected chi connectivity index (χ1v) is 6.89. The predicted octanol–water partition coefficient (Wildman–Crippen LogP) is 2.11. The number of carbonyl (C=O) groups is 2. The van der Waals surface area contributed by atoms with E-state index in [1.807, 2.05) is 0 Å². The molecular formula is C17H14FN3O3. The minimum Gasteiger partial charge on any atom is -0.288 e. The van der Waals surface area contributed by atoms with Crippen molar-refractivity contribution in [2.75, 3.05) is 0 Å². The maximum atomic E-state index is 12.8. The molecule has 0 aliphatic carbocycles. The van der Waals surface area contributed by atoms with Crippen molar-refractivity contribution in [1.82, 2.24) is 10.9 Å².